The van der Waals surface area contributed by atoms with Crippen molar-refractivity contribution in [3.63, 3.8) is 0 Å². The van der Waals surface area contributed by atoms with Gasteiger partial charge in [-0.25, -0.2) is 9.38 Å². The molecule has 1 saturated heterocycles. The zero-order chi connectivity index (χ0) is 17.5. The summed E-state index contributed by atoms with van der Waals surface area (Å²) in [7, 11) is 3.86. The zero-order valence-corrected chi connectivity index (χ0v) is 17.7. The average Bonchev–Trinajstić information content (AvgIpc) is 2.54. The lowest BCUT2D eigenvalue weighted by molar-refractivity contribution is 0.108. The number of nitrogens with zero attached hydrogens (tertiary/aromatic N) is 3. The van der Waals surface area contributed by atoms with Crippen LogP contribution < -0.4 is 5.32 Å². The minimum absolute atomic E-state index is 0. The fourth-order valence-corrected chi connectivity index (χ4v) is 2.86. The summed E-state index contributed by atoms with van der Waals surface area (Å²) in [6, 6.07) is 5.21. The number of guanidine groups is 1. The van der Waals surface area contributed by atoms with Crippen LogP contribution in [0.5, 0.6) is 0 Å². The topological polar surface area (TPSA) is 51.1 Å². The molecule has 1 aliphatic heterocycles. The highest BCUT2D eigenvalue weighted by Crippen LogP contribution is 2.14. The Morgan fingerprint density at radius 2 is 2.04 bits per heavy atom. The molecule has 0 unspecified atom stereocenters. The van der Waals surface area contributed by atoms with E-state index in [2.05, 4.69) is 10.2 Å². The molecule has 2 N–H and O–H groups in total. The first kappa shape index (κ1) is 22.1. The summed E-state index contributed by atoms with van der Waals surface area (Å²) >= 11 is 0. The van der Waals surface area contributed by atoms with E-state index in [0.29, 0.717) is 18.7 Å². The Hall–Kier alpha value is -0.930. The number of piperidine rings is 1. The summed E-state index contributed by atoms with van der Waals surface area (Å²) in [5.74, 6) is 0.691. The number of nitrogens with one attached hydrogen (secondary N) is 1. The van der Waals surface area contributed by atoms with Crippen molar-refractivity contribution >= 4 is 29.9 Å². The highest BCUT2D eigenvalue weighted by Gasteiger charge is 2.19. The Morgan fingerprint density at radius 3 is 2.64 bits per heavy atom. The Balaban J connectivity index is 0.00000312. The number of hydrogen-bond donors (Lipinski definition) is 2. The molecule has 25 heavy (non-hydrogen) atoms. The fraction of sp³-hybridized carbons (Fsp3) is 0.611. The number of aliphatic hydroxyl groups is 1. The molecule has 0 aromatic heterocycles. The first-order valence-electron chi connectivity index (χ1n) is 8.63. The maximum atomic E-state index is 13.9. The molecule has 0 bridgehead atoms. The van der Waals surface area contributed by atoms with Crippen molar-refractivity contribution in [2.45, 2.75) is 39.0 Å². The Labute approximate surface area is 167 Å². The van der Waals surface area contributed by atoms with E-state index in [0.717, 1.165) is 44.0 Å². The van der Waals surface area contributed by atoms with Crippen LogP contribution in [0.15, 0.2) is 23.2 Å². The molecule has 2 rings (SSSR count). The molecule has 0 atom stereocenters. The van der Waals surface area contributed by atoms with Crippen LogP contribution in [-0.2, 0) is 13.1 Å². The molecule has 142 valence electrons. The SMILES string of the molecule is CCNC(=NCc1ccc(F)c(CN(C)C)c1)N1CCC(O)CC1.I. The molecular formula is C18H30FIN4O. The van der Waals surface area contributed by atoms with Gasteiger partial charge in [-0.3, -0.25) is 0 Å². The standard InChI is InChI=1S/C18H29FN4O.HI/c1-4-20-18(23-9-7-16(24)8-10-23)21-12-14-5-6-17(19)15(11-14)13-22(2)3;/h5-6,11,16,24H,4,7-10,12-13H2,1-3H3,(H,20,21);1H. The lowest BCUT2D eigenvalue weighted by Gasteiger charge is -2.32. The number of aliphatic hydroxyl groups excluding tert-OH is 1. The summed E-state index contributed by atoms with van der Waals surface area (Å²) in [6.45, 7) is 5.55. The second kappa shape index (κ2) is 10.9. The number of halogens is 2. The van der Waals surface area contributed by atoms with E-state index < -0.39 is 0 Å². The second-order valence-electron chi connectivity index (χ2n) is 6.55. The summed E-state index contributed by atoms with van der Waals surface area (Å²) in [5.41, 5.74) is 1.69. The molecule has 0 radical (unpaired) electrons. The monoisotopic (exact) mass is 464 g/mol. The van der Waals surface area contributed by atoms with Gasteiger partial charge in [-0.15, -0.1) is 24.0 Å². The summed E-state index contributed by atoms with van der Waals surface area (Å²) in [4.78, 5) is 8.83. The second-order valence-corrected chi connectivity index (χ2v) is 6.55. The van der Waals surface area contributed by atoms with Crippen molar-refractivity contribution in [3.05, 3.63) is 35.1 Å². The molecule has 0 saturated carbocycles. The van der Waals surface area contributed by atoms with Gasteiger partial charge in [0.1, 0.15) is 5.82 Å². The fourth-order valence-electron chi connectivity index (χ4n) is 2.86. The van der Waals surface area contributed by atoms with Crippen molar-refractivity contribution in [2.75, 3.05) is 33.7 Å². The predicted octanol–water partition coefficient (Wildman–Crippen LogP) is 2.43. The van der Waals surface area contributed by atoms with Crippen molar-refractivity contribution in [2.24, 2.45) is 4.99 Å². The van der Waals surface area contributed by atoms with Crippen molar-refractivity contribution in [1.82, 2.24) is 15.1 Å². The lowest BCUT2D eigenvalue weighted by Crippen LogP contribution is -2.46. The molecule has 7 heteroatoms. The first-order valence-corrected chi connectivity index (χ1v) is 8.63. The van der Waals surface area contributed by atoms with Gasteiger partial charge in [0.25, 0.3) is 0 Å². The van der Waals surface area contributed by atoms with Gasteiger partial charge in [0.2, 0.25) is 0 Å². The van der Waals surface area contributed by atoms with E-state index in [4.69, 9.17) is 4.99 Å². The van der Waals surface area contributed by atoms with Crippen LogP contribution in [0.25, 0.3) is 0 Å². The van der Waals surface area contributed by atoms with E-state index in [9.17, 15) is 9.50 Å². The van der Waals surface area contributed by atoms with Crippen LogP contribution >= 0.6 is 24.0 Å². The highest BCUT2D eigenvalue weighted by molar-refractivity contribution is 14.0. The maximum absolute atomic E-state index is 13.9. The van der Waals surface area contributed by atoms with Crippen LogP contribution in [0.4, 0.5) is 4.39 Å². The predicted molar refractivity (Wildman–Crippen MR) is 111 cm³/mol. The van der Waals surface area contributed by atoms with Crippen LogP contribution in [0.2, 0.25) is 0 Å². The van der Waals surface area contributed by atoms with Gasteiger partial charge in [0, 0.05) is 31.7 Å². The third-order valence-corrected chi connectivity index (χ3v) is 4.11. The summed E-state index contributed by atoms with van der Waals surface area (Å²) in [6.07, 6.45) is 1.34. The Bertz CT molecular complexity index is 560. The van der Waals surface area contributed by atoms with Gasteiger partial charge >= 0.3 is 0 Å². The smallest absolute Gasteiger partial charge is 0.194 e. The molecule has 1 aliphatic rings. The number of likely N-dealkylation sites (tertiary alicyclic amines) is 1. The lowest BCUT2D eigenvalue weighted by atomic mass is 10.1. The molecule has 1 aromatic carbocycles. The molecule has 1 heterocycles. The summed E-state index contributed by atoms with van der Waals surface area (Å²) < 4.78 is 13.9. The van der Waals surface area contributed by atoms with E-state index in [1.54, 1.807) is 6.07 Å². The number of hydrogen-bond acceptors (Lipinski definition) is 3. The number of rotatable bonds is 5. The normalized spacial score (nSPS) is 16.1. The maximum Gasteiger partial charge on any atom is 0.194 e. The van der Waals surface area contributed by atoms with Gasteiger partial charge in [-0.1, -0.05) is 6.07 Å². The van der Waals surface area contributed by atoms with E-state index in [-0.39, 0.29) is 35.9 Å². The number of aliphatic imine (C=N–C) groups is 1. The molecule has 0 amide bonds. The summed E-state index contributed by atoms with van der Waals surface area (Å²) in [5, 5.41) is 13.0. The van der Waals surface area contributed by atoms with Gasteiger partial charge in [-0.05, 0) is 51.6 Å². The Morgan fingerprint density at radius 1 is 1.36 bits per heavy atom. The van der Waals surface area contributed by atoms with E-state index in [1.165, 1.54) is 6.07 Å². The largest absolute Gasteiger partial charge is 0.393 e. The third kappa shape index (κ3) is 7.07. The van der Waals surface area contributed by atoms with Crippen LogP contribution in [-0.4, -0.2) is 60.7 Å². The van der Waals surface area contributed by atoms with Gasteiger partial charge in [-0.2, -0.15) is 0 Å². The molecular weight excluding hydrogens is 434 g/mol. The van der Waals surface area contributed by atoms with Crippen LogP contribution in [0, 0.1) is 5.82 Å². The quantitative estimate of drug-likeness (QED) is 0.400. The van der Waals surface area contributed by atoms with E-state index in [1.807, 2.05) is 32.0 Å². The molecule has 0 spiro atoms. The number of benzene rings is 1. The van der Waals surface area contributed by atoms with Gasteiger partial charge in [0.05, 0.1) is 12.6 Å². The molecule has 5 nitrogen and oxygen atoms in total. The van der Waals surface area contributed by atoms with Crippen molar-refractivity contribution < 1.29 is 9.50 Å². The molecule has 1 fully saturated rings. The molecule has 0 aliphatic carbocycles. The zero-order valence-electron chi connectivity index (χ0n) is 15.3. The average molecular weight is 464 g/mol. The van der Waals surface area contributed by atoms with Crippen molar-refractivity contribution in [3.8, 4) is 0 Å². The Kier molecular flexibility index (Phi) is 9.66. The molecule has 1 aromatic rings. The van der Waals surface area contributed by atoms with Crippen LogP contribution in [0.1, 0.15) is 30.9 Å². The van der Waals surface area contributed by atoms with Gasteiger partial charge < -0.3 is 20.2 Å². The van der Waals surface area contributed by atoms with Crippen LogP contribution in [0.3, 0.4) is 0 Å². The minimum Gasteiger partial charge on any atom is -0.393 e. The van der Waals surface area contributed by atoms with Gasteiger partial charge in [0.15, 0.2) is 5.96 Å². The third-order valence-electron chi connectivity index (χ3n) is 4.11. The minimum atomic E-state index is -0.199. The van der Waals surface area contributed by atoms with E-state index >= 15 is 0 Å². The van der Waals surface area contributed by atoms with Crippen molar-refractivity contribution in [1.29, 1.82) is 0 Å². The first-order chi connectivity index (χ1) is 11.5. The highest BCUT2D eigenvalue weighted by atomic mass is 127.